The Morgan fingerprint density at radius 1 is 1.13 bits per heavy atom. The highest BCUT2D eigenvalue weighted by Crippen LogP contribution is 2.42. The number of hydrogen-bond donors (Lipinski definition) is 2. The van der Waals surface area contributed by atoms with Crippen molar-refractivity contribution in [1.29, 1.82) is 0 Å². The van der Waals surface area contributed by atoms with Gasteiger partial charge in [0.2, 0.25) is 0 Å². The molecule has 2 heterocycles. The van der Waals surface area contributed by atoms with Crippen LogP contribution in [0, 0.1) is 17.8 Å². The molecule has 1 unspecified atom stereocenters. The van der Waals surface area contributed by atoms with Gasteiger partial charge in [0.1, 0.15) is 6.04 Å². The summed E-state index contributed by atoms with van der Waals surface area (Å²) in [5.41, 5.74) is 0.107. The van der Waals surface area contributed by atoms with Crippen LogP contribution in [-0.2, 0) is 20.8 Å². The lowest BCUT2D eigenvalue weighted by atomic mass is 9.66. The number of hydrogen-bond acceptors (Lipinski definition) is 7. The number of nitrogens with one attached hydrogen (secondary N) is 1. The van der Waals surface area contributed by atoms with Gasteiger partial charge in [0.15, 0.2) is 11.4 Å². The number of carbonyl (C=O) groups is 3. The van der Waals surface area contributed by atoms with Gasteiger partial charge in [0.05, 0.1) is 19.5 Å². The predicted molar refractivity (Wildman–Crippen MR) is 112 cm³/mol. The van der Waals surface area contributed by atoms with Crippen LogP contribution in [0.1, 0.15) is 73.9 Å². The standard InChI is InChI=1S/C22H33N3O6/c1-4-16-15-8-7-13(9-14(15)10-17(24-16)20(26)27)11-25-12-23-18(21(28)30-5-2)19(25)22(29)31-6-3/h12-17,24H,4-11H2,1-3H3,(H,26,27)/t13-,14+,15+,16?,17-/m0/s1. The van der Waals surface area contributed by atoms with E-state index in [-0.39, 0.29) is 36.6 Å². The minimum absolute atomic E-state index is 0.0205. The molecule has 9 nitrogen and oxygen atoms in total. The van der Waals surface area contributed by atoms with E-state index in [4.69, 9.17) is 9.47 Å². The monoisotopic (exact) mass is 435 g/mol. The van der Waals surface area contributed by atoms with Crippen LogP contribution >= 0.6 is 0 Å². The molecule has 1 aromatic rings. The minimum Gasteiger partial charge on any atom is -0.480 e. The molecule has 0 bridgehead atoms. The molecule has 2 N–H and O–H groups in total. The zero-order valence-corrected chi connectivity index (χ0v) is 18.5. The molecule has 0 amide bonds. The molecule has 0 radical (unpaired) electrons. The van der Waals surface area contributed by atoms with Crippen LogP contribution in [0.25, 0.3) is 0 Å². The largest absolute Gasteiger partial charge is 0.480 e. The molecule has 2 aliphatic rings. The van der Waals surface area contributed by atoms with E-state index in [1.165, 1.54) is 6.33 Å². The second-order valence-corrected chi connectivity index (χ2v) is 8.45. The number of carbonyl (C=O) groups excluding carboxylic acids is 2. The molecule has 2 fully saturated rings. The van der Waals surface area contributed by atoms with Crippen LogP contribution in [-0.4, -0.2) is 57.9 Å². The lowest BCUT2D eigenvalue weighted by Crippen LogP contribution is -2.55. The highest BCUT2D eigenvalue weighted by atomic mass is 16.5. The average molecular weight is 436 g/mol. The van der Waals surface area contributed by atoms with Crippen molar-refractivity contribution in [2.75, 3.05) is 13.2 Å². The molecular formula is C22H33N3O6. The number of fused-ring (bicyclic) bond motifs is 1. The van der Waals surface area contributed by atoms with Crippen molar-refractivity contribution in [2.45, 2.75) is 71.5 Å². The third kappa shape index (κ3) is 5.08. The smallest absolute Gasteiger partial charge is 0.359 e. The van der Waals surface area contributed by atoms with Crippen molar-refractivity contribution in [2.24, 2.45) is 17.8 Å². The highest BCUT2D eigenvalue weighted by molar-refractivity contribution is 6.00. The Balaban J connectivity index is 1.77. The summed E-state index contributed by atoms with van der Waals surface area (Å²) in [5, 5.41) is 12.8. The predicted octanol–water partition coefficient (Wildman–Crippen LogP) is 2.49. The van der Waals surface area contributed by atoms with Crippen molar-refractivity contribution in [3.63, 3.8) is 0 Å². The van der Waals surface area contributed by atoms with E-state index < -0.39 is 23.9 Å². The number of esters is 2. The Kier molecular flexibility index (Phi) is 7.69. The molecule has 1 aliphatic heterocycles. The fraction of sp³-hybridized carbons (Fsp3) is 0.727. The molecule has 31 heavy (non-hydrogen) atoms. The van der Waals surface area contributed by atoms with Crippen molar-refractivity contribution in [1.82, 2.24) is 14.9 Å². The first kappa shape index (κ1) is 23.2. The highest BCUT2D eigenvalue weighted by Gasteiger charge is 2.42. The number of nitrogens with zero attached hydrogens (tertiary/aromatic N) is 2. The first-order chi connectivity index (χ1) is 14.9. The summed E-state index contributed by atoms with van der Waals surface area (Å²) < 4.78 is 11.9. The Labute approximate surface area is 182 Å². The molecule has 1 saturated carbocycles. The SMILES string of the molecule is CCOC(=O)c1ncn(C[C@H]2CC[C@H]3C(CC)N[C@H](C(=O)O)C[C@H]3C2)c1C(=O)OCC. The number of imidazole rings is 1. The summed E-state index contributed by atoms with van der Waals surface area (Å²) in [6, 6.07) is -0.289. The Hall–Kier alpha value is -2.42. The van der Waals surface area contributed by atoms with Gasteiger partial charge in [0, 0.05) is 12.6 Å². The van der Waals surface area contributed by atoms with Crippen LogP contribution in [0.2, 0.25) is 0 Å². The molecule has 3 rings (SSSR count). The molecule has 172 valence electrons. The third-order valence-electron chi connectivity index (χ3n) is 6.59. The summed E-state index contributed by atoms with van der Waals surface area (Å²) in [7, 11) is 0. The van der Waals surface area contributed by atoms with Crippen molar-refractivity contribution < 1.29 is 29.0 Å². The fourth-order valence-electron chi connectivity index (χ4n) is 5.26. The lowest BCUT2D eigenvalue weighted by Gasteiger charge is -2.46. The number of aliphatic carboxylic acids is 1. The first-order valence-electron chi connectivity index (χ1n) is 11.3. The number of aromatic nitrogens is 2. The summed E-state index contributed by atoms with van der Waals surface area (Å²) in [5.74, 6) is -0.956. The van der Waals surface area contributed by atoms with Gasteiger partial charge in [-0.05, 0) is 63.7 Å². The molecule has 1 aliphatic carbocycles. The Morgan fingerprint density at radius 2 is 1.84 bits per heavy atom. The number of carboxylic acids is 1. The van der Waals surface area contributed by atoms with Gasteiger partial charge in [-0.25, -0.2) is 14.6 Å². The van der Waals surface area contributed by atoms with Gasteiger partial charge in [0.25, 0.3) is 0 Å². The van der Waals surface area contributed by atoms with Gasteiger partial charge >= 0.3 is 17.9 Å². The van der Waals surface area contributed by atoms with E-state index in [1.54, 1.807) is 18.4 Å². The third-order valence-corrected chi connectivity index (χ3v) is 6.59. The molecule has 1 saturated heterocycles. The van der Waals surface area contributed by atoms with Gasteiger partial charge in [-0.3, -0.25) is 4.79 Å². The quantitative estimate of drug-likeness (QED) is 0.598. The van der Waals surface area contributed by atoms with Gasteiger partial charge in [-0.2, -0.15) is 0 Å². The number of rotatable bonds is 8. The molecule has 1 aromatic heterocycles. The lowest BCUT2D eigenvalue weighted by molar-refractivity contribution is -0.142. The summed E-state index contributed by atoms with van der Waals surface area (Å²) in [6.45, 7) is 6.43. The zero-order valence-electron chi connectivity index (χ0n) is 18.5. The maximum absolute atomic E-state index is 12.6. The maximum atomic E-state index is 12.6. The second kappa shape index (κ2) is 10.3. The van der Waals surface area contributed by atoms with Gasteiger partial charge in [-0.1, -0.05) is 6.92 Å². The zero-order chi connectivity index (χ0) is 22.5. The van der Waals surface area contributed by atoms with E-state index in [1.807, 2.05) is 0 Å². The summed E-state index contributed by atoms with van der Waals surface area (Å²) in [4.78, 5) is 40.6. The van der Waals surface area contributed by atoms with Crippen LogP contribution in [0.4, 0.5) is 0 Å². The van der Waals surface area contributed by atoms with E-state index >= 15 is 0 Å². The average Bonchev–Trinajstić information content (AvgIpc) is 3.16. The van der Waals surface area contributed by atoms with Gasteiger partial charge in [-0.15, -0.1) is 0 Å². The molecule has 0 aromatic carbocycles. The van der Waals surface area contributed by atoms with Crippen LogP contribution < -0.4 is 5.32 Å². The molecule has 5 atom stereocenters. The van der Waals surface area contributed by atoms with Gasteiger partial charge < -0.3 is 24.5 Å². The normalized spacial score (nSPS) is 27.9. The van der Waals surface area contributed by atoms with E-state index in [2.05, 4.69) is 17.2 Å². The van der Waals surface area contributed by atoms with Crippen LogP contribution in [0.3, 0.4) is 0 Å². The number of carboxylic acid groups (broad SMARTS) is 1. The van der Waals surface area contributed by atoms with E-state index in [0.29, 0.717) is 24.8 Å². The molecular weight excluding hydrogens is 402 g/mol. The van der Waals surface area contributed by atoms with Crippen molar-refractivity contribution in [3.8, 4) is 0 Å². The van der Waals surface area contributed by atoms with Crippen LogP contribution in [0.15, 0.2) is 6.33 Å². The Morgan fingerprint density at radius 3 is 2.48 bits per heavy atom. The van der Waals surface area contributed by atoms with E-state index in [0.717, 1.165) is 25.7 Å². The van der Waals surface area contributed by atoms with E-state index in [9.17, 15) is 19.5 Å². The summed E-state index contributed by atoms with van der Waals surface area (Å²) in [6.07, 6.45) is 5.92. The minimum atomic E-state index is -0.794. The second-order valence-electron chi connectivity index (χ2n) is 8.45. The first-order valence-corrected chi connectivity index (χ1v) is 11.3. The maximum Gasteiger partial charge on any atom is 0.359 e. The fourth-order valence-corrected chi connectivity index (χ4v) is 5.26. The Bertz CT molecular complexity index is 807. The molecule has 9 heteroatoms. The van der Waals surface area contributed by atoms with Crippen molar-refractivity contribution >= 4 is 17.9 Å². The number of piperidine rings is 1. The van der Waals surface area contributed by atoms with Crippen molar-refractivity contribution in [3.05, 3.63) is 17.7 Å². The van der Waals surface area contributed by atoms with Crippen LogP contribution in [0.5, 0.6) is 0 Å². The number of ether oxygens (including phenoxy) is 2. The topological polar surface area (TPSA) is 120 Å². The summed E-state index contributed by atoms with van der Waals surface area (Å²) >= 11 is 0. The molecule has 0 spiro atoms.